The number of nitrogens with one attached hydrogen (secondary N) is 2. The fourth-order valence-electron chi connectivity index (χ4n) is 2.87. The molecule has 1 fully saturated rings. The summed E-state index contributed by atoms with van der Waals surface area (Å²) >= 11 is 0. The summed E-state index contributed by atoms with van der Waals surface area (Å²) in [7, 11) is 0. The highest BCUT2D eigenvalue weighted by molar-refractivity contribution is 5.97. The van der Waals surface area contributed by atoms with Crippen LogP contribution in [0.4, 0.5) is 0 Å². The van der Waals surface area contributed by atoms with Crippen molar-refractivity contribution in [2.24, 2.45) is 5.41 Å². The smallest absolute Gasteiger partial charge is 0.251 e. The van der Waals surface area contributed by atoms with Crippen molar-refractivity contribution in [2.75, 3.05) is 26.4 Å². The minimum absolute atomic E-state index is 0.0873. The number of aliphatic hydroxyl groups is 1. The molecule has 1 aliphatic heterocycles. The molecule has 0 saturated carbocycles. The molecular formula is C16H20N2O3. The number of fused-ring (bicyclic) bond motifs is 1. The number of carbonyl (C=O) groups is 1. The molecule has 1 aromatic carbocycles. The highest BCUT2D eigenvalue weighted by Crippen LogP contribution is 2.31. The third-order valence-electron chi connectivity index (χ3n) is 4.27. The first-order valence-electron chi connectivity index (χ1n) is 7.26. The molecule has 0 aliphatic carbocycles. The van der Waals surface area contributed by atoms with Crippen LogP contribution in [-0.2, 0) is 4.74 Å². The highest BCUT2D eigenvalue weighted by Gasteiger charge is 2.34. The Balaban J connectivity index is 1.67. The van der Waals surface area contributed by atoms with Gasteiger partial charge in [0.25, 0.3) is 5.91 Å². The second-order valence-corrected chi connectivity index (χ2v) is 5.74. The second-order valence-electron chi connectivity index (χ2n) is 5.74. The second kappa shape index (κ2) is 5.87. The van der Waals surface area contributed by atoms with Crippen LogP contribution >= 0.6 is 0 Å². The van der Waals surface area contributed by atoms with E-state index in [0.29, 0.717) is 31.7 Å². The molecule has 0 radical (unpaired) electrons. The standard InChI is InChI=1S/C16H20N2O3/c19-7-4-16(5-8-21-11-16)10-18-15(20)13-2-1-12-3-6-17-14(12)9-13/h1-3,6,9,17,19H,4-5,7-8,10-11H2,(H,18,20). The normalized spacial score (nSPS) is 21.8. The Kier molecular flexibility index (Phi) is 3.94. The SMILES string of the molecule is O=C(NCC1(CCO)CCOC1)c1ccc2cc[nH]c2c1. The fourth-order valence-corrected chi connectivity index (χ4v) is 2.87. The van der Waals surface area contributed by atoms with Gasteiger partial charge in [0, 0.05) is 42.5 Å². The van der Waals surface area contributed by atoms with E-state index in [1.165, 1.54) is 0 Å². The van der Waals surface area contributed by atoms with E-state index in [4.69, 9.17) is 4.74 Å². The maximum atomic E-state index is 12.3. The van der Waals surface area contributed by atoms with Crippen LogP contribution in [0.15, 0.2) is 30.5 Å². The molecular weight excluding hydrogens is 268 g/mol. The molecule has 112 valence electrons. The zero-order chi connectivity index (χ0) is 14.7. The van der Waals surface area contributed by atoms with Crippen molar-refractivity contribution < 1.29 is 14.6 Å². The van der Waals surface area contributed by atoms with Crippen LogP contribution in [0.2, 0.25) is 0 Å². The van der Waals surface area contributed by atoms with Crippen LogP contribution in [0.5, 0.6) is 0 Å². The maximum Gasteiger partial charge on any atom is 0.251 e. The van der Waals surface area contributed by atoms with Gasteiger partial charge in [0.1, 0.15) is 0 Å². The lowest BCUT2D eigenvalue weighted by Crippen LogP contribution is -2.38. The Hall–Kier alpha value is -1.85. The first-order chi connectivity index (χ1) is 10.2. The predicted molar refractivity (Wildman–Crippen MR) is 80.2 cm³/mol. The summed E-state index contributed by atoms with van der Waals surface area (Å²) in [6.07, 6.45) is 3.39. The Morgan fingerprint density at radius 1 is 1.43 bits per heavy atom. The molecule has 3 N–H and O–H groups in total. The predicted octanol–water partition coefficient (Wildman–Crippen LogP) is 1.69. The fraction of sp³-hybridized carbons (Fsp3) is 0.438. The summed E-state index contributed by atoms with van der Waals surface area (Å²) in [5.74, 6) is -0.0873. The number of aromatic amines is 1. The summed E-state index contributed by atoms with van der Waals surface area (Å²) in [4.78, 5) is 15.4. The molecule has 3 rings (SSSR count). The van der Waals surface area contributed by atoms with E-state index in [-0.39, 0.29) is 17.9 Å². The quantitative estimate of drug-likeness (QED) is 0.783. The van der Waals surface area contributed by atoms with Crippen molar-refractivity contribution in [1.29, 1.82) is 0 Å². The van der Waals surface area contributed by atoms with Gasteiger partial charge in [-0.15, -0.1) is 0 Å². The van der Waals surface area contributed by atoms with Gasteiger partial charge in [-0.25, -0.2) is 0 Å². The van der Waals surface area contributed by atoms with Crippen molar-refractivity contribution >= 4 is 16.8 Å². The van der Waals surface area contributed by atoms with Crippen LogP contribution in [0, 0.1) is 5.41 Å². The number of aromatic nitrogens is 1. The molecule has 0 spiro atoms. The van der Waals surface area contributed by atoms with E-state index >= 15 is 0 Å². The van der Waals surface area contributed by atoms with Gasteiger partial charge in [0.15, 0.2) is 0 Å². The van der Waals surface area contributed by atoms with Crippen LogP contribution < -0.4 is 5.32 Å². The number of carbonyl (C=O) groups excluding carboxylic acids is 1. The monoisotopic (exact) mass is 288 g/mol. The molecule has 1 unspecified atom stereocenters. The molecule has 0 bridgehead atoms. The molecule has 1 aliphatic rings. The minimum atomic E-state index is -0.124. The van der Waals surface area contributed by atoms with Gasteiger partial charge in [0.05, 0.1) is 6.61 Å². The molecule has 21 heavy (non-hydrogen) atoms. The topological polar surface area (TPSA) is 74.3 Å². The van der Waals surface area contributed by atoms with Gasteiger partial charge in [-0.05, 0) is 36.4 Å². The lowest BCUT2D eigenvalue weighted by atomic mass is 9.84. The largest absolute Gasteiger partial charge is 0.396 e. The average molecular weight is 288 g/mol. The van der Waals surface area contributed by atoms with E-state index in [1.807, 2.05) is 30.5 Å². The Morgan fingerprint density at radius 3 is 3.10 bits per heavy atom. The average Bonchev–Trinajstić information content (AvgIpc) is 3.13. The summed E-state index contributed by atoms with van der Waals surface area (Å²) in [6.45, 7) is 1.95. The molecule has 5 heteroatoms. The summed E-state index contributed by atoms with van der Waals surface area (Å²) < 4.78 is 5.43. The number of aliphatic hydroxyl groups excluding tert-OH is 1. The van der Waals surface area contributed by atoms with Crippen LogP contribution in [0.1, 0.15) is 23.2 Å². The van der Waals surface area contributed by atoms with Crippen molar-refractivity contribution in [2.45, 2.75) is 12.8 Å². The van der Waals surface area contributed by atoms with Gasteiger partial charge >= 0.3 is 0 Å². The molecule has 1 aromatic heterocycles. The van der Waals surface area contributed by atoms with E-state index < -0.39 is 0 Å². The van der Waals surface area contributed by atoms with Crippen LogP contribution in [-0.4, -0.2) is 42.4 Å². The van der Waals surface area contributed by atoms with Crippen molar-refractivity contribution in [3.8, 4) is 0 Å². The van der Waals surface area contributed by atoms with Gasteiger partial charge in [-0.2, -0.15) is 0 Å². The Labute approximate surface area is 123 Å². The summed E-state index contributed by atoms with van der Waals surface area (Å²) in [5, 5.41) is 13.3. The number of hydrogen-bond donors (Lipinski definition) is 3. The van der Waals surface area contributed by atoms with Gasteiger partial charge in [-0.1, -0.05) is 6.07 Å². The van der Waals surface area contributed by atoms with E-state index in [9.17, 15) is 9.90 Å². The van der Waals surface area contributed by atoms with Gasteiger partial charge in [0.2, 0.25) is 0 Å². The molecule has 5 nitrogen and oxygen atoms in total. The van der Waals surface area contributed by atoms with Crippen LogP contribution in [0.3, 0.4) is 0 Å². The lowest BCUT2D eigenvalue weighted by Gasteiger charge is -2.26. The highest BCUT2D eigenvalue weighted by atomic mass is 16.5. The molecule has 1 amide bonds. The number of rotatable bonds is 5. The van der Waals surface area contributed by atoms with Gasteiger partial charge < -0.3 is 20.1 Å². The van der Waals surface area contributed by atoms with Crippen LogP contribution in [0.25, 0.3) is 10.9 Å². The number of H-pyrrole nitrogens is 1. The number of hydrogen-bond acceptors (Lipinski definition) is 3. The first-order valence-corrected chi connectivity index (χ1v) is 7.26. The molecule has 1 saturated heterocycles. The number of ether oxygens (including phenoxy) is 1. The third kappa shape index (κ3) is 2.94. The Morgan fingerprint density at radius 2 is 2.33 bits per heavy atom. The van der Waals surface area contributed by atoms with Crippen molar-refractivity contribution in [3.05, 3.63) is 36.0 Å². The third-order valence-corrected chi connectivity index (χ3v) is 4.27. The molecule has 2 aromatic rings. The number of amides is 1. The molecule has 2 heterocycles. The molecule has 1 atom stereocenters. The lowest BCUT2D eigenvalue weighted by molar-refractivity contribution is 0.0889. The van der Waals surface area contributed by atoms with E-state index in [2.05, 4.69) is 10.3 Å². The first kappa shape index (κ1) is 14.1. The van der Waals surface area contributed by atoms with Crippen molar-refractivity contribution in [3.63, 3.8) is 0 Å². The number of benzene rings is 1. The minimum Gasteiger partial charge on any atom is -0.396 e. The zero-order valence-corrected chi connectivity index (χ0v) is 11.9. The van der Waals surface area contributed by atoms with E-state index in [0.717, 1.165) is 17.3 Å². The zero-order valence-electron chi connectivity index (χ0n) is 11.9. The van der Waals surface area contributed by atoms with Crippen molar-refractivity contribution in [1.82, 2.24) is 10.3 Å². The summed E-state index contributed by atoms with van der Waals surface area (Å²) in [5.41, 5.74) is 1.47. The van der Waals surface area contributed by atoms with Gasteiger partial charge in [-0.3, -0.25) is 4.79 Å². The summed E-state index contributed by atoms with van der Waals surface area (Å²) in [6, 6.07) is 7.59. The Bertz CT molecular complexity index is 629. The maximum absolute atomic E-state index is 12.3. The van der Waals surface area contributed by atoms with E-state index in [1.54, 1.807) is 0 Å².